The third-order valence-corrected chi connectivity index (χ3v) is 3.82. The number of ether oxygens (including phenoxy) is 2. The summed E-state index contributed by atoms with van der Waals surface area (Å²) in [5.74, 6) is 0.753. The molecule has 0 aliphatic carbocycles. The summed E-state index contributed by atoms with van der Waals surface area (Å²) >= 11 is 0. The van der Waals surface area contributed by atoms with Gasteiger partial charge in [0.1, 0.15) is 5.75 Å². The zero-order chi connectivity index (χ0) is 14.4. The van der Waals surface area contributed by atoms with Crippen LogP contribution in [0, 0.1) is 0 Å². The van der Waals surface area contributed by atoms with Gasteiger partial charge in [-0.15, -0.1) is 0 Å². The molecular weight excluding hydrogens is 254 g/mol. The van der Waals surface area contributed by atoms with Crippen LogP contribution in [0.1, 0.15) is 12.8 Å². The molecular formula is C15H25N3O2. The number of nitrogens with zero attached hydrogens (tertiary/aromatic N) is 1. The maximum absolute atomic E-state index is 5.85. The van der Waals surface area contributed by atoms with Crippen LogP contribution in [-0.2, 0) is 4.74 Å². The summed E-state index contributed by atoms with van der Waals surface area (Å²) in [6.45, 7) is 3.81. The van der Waals surface area contributed by atoms with Gasteiger partial charge >= 0.3 is 0 Å². The highest BCUT2D eigenvalue weighted by atomic mass is 16.5. The lowest BCUT2D eigenvalue weighted by atomic mass is 10.0. The fourth-order valence-corrected chi connectivity index (χ4v) is 2.60. The molecule has 1 aliphatic rings. The van der Waals surface area contributed by atoms with Crippen LogP contribution in [0.3, 0.4) is 0 Å². The second-order valence-electron chi connectivity index (χ2n) is 5.13. The van der Waals surface area contributed by atoms with Crippen LogP contribution in [0.5, 0.6) is 5.75 Å². The van der Waals surface area contributed by atoms with Gasteiger partial charge in [-0.2, -0.15) is 0 Å². The summed E-state index contributed by atoms with van der Waals surface area (Å²) in [4.78, 5) is 2.39. The quantitative estimate of drug-likeness (QED) is 0.610. The first-order valence-corrected chi connectivity index (χ1v) is 7.15. The van der Waals surface area contributed by atoms with Crippen molar-refractivity contribution in [2.45, 2.75) is 18.9 Å². The summed E-state index contributed by atoms with van der Waals surface area (Å²) < 4.78 is 10.3. The molecule has 1 aromatic rings. The van der Waals surface area contributed by atoms with Gasteiger partial charge in [0.15, 0.2) is 0 Å². The summed E-state index contributed by atoms with van der Waals surface area (Å²) in [6.07, 6.45) is 2.30. The van der Waals surface area contributed by atoms with Gasteiger partial charge in [-0.1, -0.05) is 0 Å². The van der Waals surface area contributed by atoms with E-state index in [0.29, 0.717) is 11.7 Å². The van der Waals surface area contributed by atoms with Crippen molar-refractivity contribution < 1.29 is 9.47 Å². The van der Waals surface area contributed by atoms with Gasteiger partial charge in [0, 0.05) is 44.5 Å². The van der Waals surface area contributed by atoms with Crippen LogP contribution in [-0.4, -0.2) is 46.5 Å². The number of piperidine rings is 1. The van der Waals surface area contributed by atoms with Crippen molar-refractivity contribution in [3.05, 3.63) is 18.2 Å². The van der Waals surface area contributed by atoms with Crippen LogP contribution in [0.2, 0.25) is 0 Å². The van der Waals surface area contributed by atoms with E-state index in [1.54, 1.807) is 14.2 Å². The smallest absolute Gasteiger partial charge is 0.143 e. The van der Waals surface area contributed by atoms with Gasteiger partial charge in [-0.05, 0) is 25.0 Å². The number of methoxy groups -OCH3 is 2. The highest BCUT2D eigenvalue weighted by Gasteiger charge is 2.19. The SMILES string of the molecule is COCCNC1CCN(c2ccc(N)c(OC)c2)CC1. The monoisotopic (exact) mass is 279 g/mol. The molecule has 1 aromatic carbocycles. The van der Waals surface area contributed by atoms with Crippen LogP contribution < -0.4 is 20.7 Å². The molecule has 1 fully saturated rings. The van der Waals surface area contributed by atoms with Crippen molar-refractivity contribution in [2.75, 3.05) is 51.1 Å². The zero-order valence-corrected chi connectivity index (χ0v) is 12.4. The molecule has 2 rings (SSSR count). The molecule has 0 unspecified atom stereocenters. The van der Waals surface area contributed by atoms with E-state index in [-0.39, 0.29) is 0 Å². The number of benzene rings is 1. The topological polar surface area (TPSA) is 59.8 Å². The van der Waals surface area contributed by atoms with Gasteiger partial charge in [-0.3, -0.25) is 0 Å². The lowest BCUT2D eigenvalue weighted by molar-refractivity contribution is 0.193. The lowest BCUT2D eigenvalue weighted by Gasteiger charge is -2.34. The third kappa shape index (κ3) is 3.77. The molecule has 3 N–H and O–H groups in total. The van der Waals surface area contributed by atoms with Gasteiger partial charge in [-0.25, -0.2) is 0 Å². The number of nitrogen functional groups attached to an aromatic ring is 1. The molecule has 0 radical (unpaired) electrons. The van der Waals surface area contributed by atoms with Crippen molar-refractivity contribution >= 4 is 11.4 Å². The zero-order valence-electron chi connectivity index (χ0n) is 12.4. The molecule has 0 bridgehead atoms. The van der Waals surface area contributed by atoms with Crippen molar-refractivity contribution in [1.82, 2.24) is 5.32 Å². The molecule has 0 saturated carbocycles. The number of rotatable bonds is 6. The van der Waals surface area contributed by atoms with E-state index in [0.717, 1.165) is 44.8 Å². The van der Waals surface area contributed by atoms with E-state index in [4.69, 9.17) is 15.2 Å². The molecule has 1 aliphatic heterocycles. The number of nitrogens with two attached hydrogens (primary N) is 1. The molecule has 5 heteroatoms. The Morgan fingerprint density at radius 2 is 2.05 bits per heavy atom. The molecule has 0 spiro atoms. The Labute approximate surface area is 121 Å². The minimum atomic E-state index is 0.595. The Bertz CT molecular complexity index is 418. The van der Waals surface area contributed by atoms with Crippen molar-refractivity contribution in [3.8, 4) is 5.75 Å². The largest absolute Gasteiger partial charge is 0.495 e. The first-order valence-electron chi connectivity index (χ1n) is 7.15. The highest BCUT2D eigenvalue weighted by molar-refractivity contribution is 5.62. The molecule has 5 nitrogen and oxygen atoms in total. The summed E-state index contributed by atoms with van der Waals surface area (Å²) in [5.41, 5.74) is 7.73. The second kappa shape index (κ2) is 7.36. The standard InChI is InChI=1S/C15H25N3O2/c1-19-10-7-17-12-5-8-18(9-6-12)13-3-4-14(16)15(11-13)20-2/h3-4,11-12,17H,5-10,16H2,1-2H3. The van der Waals surface area contributed by atoms with Crippen molar-refractivity contribution in [1.29, 1.82) is 0 Å². The predicted octanol–water partition coefficient (Wildman–Crippen LogP) is 1.48. The fraction of sp³-hybridized carbons (Fsp3) is 0.600. The Morgan fingerprint density at radius 3 is 2.70 bits per heavy atom. The Hall–Kier alpha value is -1.46. The molecule has 20 heavy (non-hydrogen) atoms. The summed E-state index contributed by atoms with van der Waals surface area (Å²) in [6, 6.07) is 6.60. The van der Waals surface area contributed by atoms with Gasteiger partial charge < -0.3 is 25.4 Å². The summed E-state index contributed by atoms with van der Waals surface area (Å²) in [7, 11) is 3.39. The minimum absolute atomic E-state index is 0.595. The van der Waals surface area contributed by atoms with Crippen molar-refractivity contribution in [3.63, 3.8) is 0 Å². The average molecular weight is 279 g/mol. The average Bonchev–Trinajstić information content (AvgIpc) is 2.49. The van der Waals surface area contributed by atoms with Crippen LogP contribution >= 0.6 is 0 Å². The second-order valence-corrected chi connectivity index (χ2v) is 5.13. The van der Waals surface area contributed by atoms with E-state index in [1.165, 1.54) is 5.69 Å². The highest BCUT2D eigenvalue weighted by Crippen LogP contribution is 2.29. The van der Waals surface area contributed by atoms with Gasteiger partial charge in [0.25, 0.3) is 0 Å². The Morgan fingerprint density at radius 1 is 1.30 bits per heavy atom. The third-order valence-electron chi connectivity index (χ3n) is 3.82. The van der Waals surface area contributed by atoms with Crippen LogP contribution in [0.4, 0.5) is 11.4 Å². The number of hydrogen-bond acceptors (Lipinski definition) is 5. The molecule has 1 saturated heterocycles. The molecule has 0 amide bonds. The lowest BCUT2D eigenvalue weighted by Crippen LogP contribution is -2.43. The maximum Gasteiger partial charge on any atom is 0.143 e. The minimum Gasteiger partial charge on any atom is -0.495 e. The molecule has 0 aromatic heterocycles. The number of nitrogens with one attached hydrogen (secondary N) is 1. The molecule has 1 heterocycles. The van der Waals surface area contributed by atoms with E-state index in [2.05, 4.69) is 16.3 Å². The van der Waals surface area contributed by atoms with Gasteiger partial charge in [0.05, 0.1) is 19.4 Å². The first kappa shape index (κ1) is 14.9. The van der Waals surface area contributed by atoms with Crippen LogP contribution in [0.25, 0.3) is 0 Å². The Balaban J connectivity index is 1.87. The molecule has 0 atom stereocenters. The first-order chi connectivity index (χ1) is 9.74. The Kier molecular flexibility index (Phi) is 5.49. The van der Waals surface area contributed by atoms with E-state index in [1.807, 2.05) is 12.1 Å². The fourth-order valence-electron chi connectivity index (χ4n) is 2.60. The van der Waals surface area contributed by atoms with Gasteiger partial charge in [0.2, 0.25) is 0 Å². The van der Waals surface area contributed by atoms with E-state index >= 15 is 0 Å². The van der Waals surface area contributed by atoms with Crippen LogP contribution in [0.15, 0.2) is 18.2 Å². The number of hydrogen-bond donors (Lipinski definition) is 2. The molecule has 112 valence electrons. The number of anilines is 2. The normalized spacial score (nSPS) is 16.4. The van der Waals surface area contributed by atoms with E-state index in [9.17, 15) is 0 Å². The predicted molar refractivity (Wildman–Crippen MR) is 82.5 cm³/mol. The van der Waals surface area contributed by atoms with Crippen molar-refractivity contribution in [2.24, 2.45) is 0 Å². The maximum atomic E-state index is 5.85. The van der Waals surface area contributed by atoms with E-state index < -0.39 is 0 Å². The summed E-state index contributed by atoms with van der Waals surface area (Å²) in [5, 5.41) is 3.53.